The van der Waals surface area contributed by atoms with E-state index in [1.54, 1.807) is 16.5 Å². The molecule has 1 unspecified atom stereocenters. The van der Waals surface area contributed by atoms with Gasteiger partial charge in [-0.1, -0.05) is 60.7 Å². The summed E-state index contributed by atoms with van der Waals surface area (Å²) >= 11 is 1.35. The molecular weight excluding hydrogens is 464 g/mol. The lowest BCUT2D eigenvalue weighted by molar-refractivity contribution is -0.136. The van der Waals surface area contributed by atoms with Gasteiger partial charge in [0.25, 0.3) is 0 Å². The second kappa shape index (κ2) is 12.1. The van der Waals surface area contributed by atoms with E-state index in [2.05, 4.69) is 15.6 Å². The Labute approximate surface area is 208 Å². The second-order valence-electron chi connectivity index (χ2n) is 8.40. The van der Waals surface area contributed by atoms with E-state index in [1.165, 1.54) is 11.3 Å². The van der Waals surface area contributed by atoms with Crippen molar-refractivity contribution >= 4 is 34.4 Å². The molecule has 2 N–H and O–H groups in total. The maximum atomic E-state index is 13.5. The molecule has 35 heavy (non-hydrogen) atoms. The molecule has 0 spiro atoms. The van der Waals surface area contributed by atoms with Crippen LogP contribution in [0.5, 0.6) is 0 Å². The summed E-state index contributed by atoms with van der Waals surface area (Å²) < 4.78 is 5.36. The van der Waals surface area contributed by atoms with Crippen LogP contribution in [0.25, 0.3) is 0 Å². The number of alkyl carbamates (subject to hydrolysis) is 1. The molecule has 0 saturated carbocycles. The molecule has 4 rings (SSSR count). The molecule has 1 fully saturated rings. The minimum absolute atomic E-state index is 0.113. The van der Waals surface area contributed by atoms with Crippen LogP contribution in [0, 0.1) is 5.92 Å². The molecule has 1 aromatic heterocycles. The van der Waals surface area contributed by atoms with Crippen molar-refractivity contribution in [3.8, 4) is 0 Å². The SMILES string of the molecule is O=C(N[C@@H](Cc1ccccc1)C(=O)N1CCCC(C(=O)Nc2nccs2)C1)OCc1ccccc1. The van der Waals surface area contributed by atoms with E-state index in [0.29, 0.717) is 37.5 Å². The van der Waals surface area contributed by atoms with E-state index < -0.39 is 12.1 Å². The average molecular weight is 493 g/mol. The van der Waals surface area contributed by atoms with Gasteiger partial charge in [-0.2, -0.15) is 0 Å². The topological polar surface area (TPSA) is 101 Å². The van der Waals surface area contributed by atoms with Crippen molar-refractivity contribution in [3.63, 3.8) is 0 Å². The van der Waals surface area contributed by atoms with Crippen molar-refractivity contribution in [1.29, 1.82) is 0 Å². The molecule has 1 aliphatic rings. The quantitative estimate of drug-likeness (QED) is 0.497. The highest BCUT2D eigenvalue weighted by atomic mass is 32.1. The Balaban J connectivity index is 1.40. The first-order valence-electron chi connectivity index (χ1n) is 11.6. The molecule has 9 heteroatoms. The molecular formula is C26H28N4O4S. The van der Waals surface area contributed by atoms with Gasteiger partial charge in [0.15, 0.2) is 5.13 Å². The summed E-state index contributed by atoms with van der Waals surface area (Å²) in [6.45, 7) is 0.940. The Kier molecular flexibility index (Phi) is 8.45. The number of nitrogens with zero attached hydrogens (tertiary/aromatic N) is 2. The number of benzene rings is 2. The number of anilines is 1. The molecule has 2 heterocycles. The average Bonchev–Trinajstić information content (AvgIpc) is 3.41. The van der Waals surface area contributed by atoms with Crippen molar-refractivity contribution in [2.45, 2.75) is 31.9 Å². The zero-order valence-corrected chi connectivity index (χ0v) is 20.1. The molecule has 0 bridgehead atoms. The number of carbonyl (C=O) groups is 3. The summed E-state index contributed by atoms with van der Waals surface area (Å²) in [5.74, 6) is -0.705. The summed E-state index contributed by atoms with van der Waals surface area (Å²) in [7, 11) is 0. The van der Waals surface area contributed by atoms with Crippen LogP contribution >= 0.6 is 11.3 Å². The highest BCUT2D eigenvalue weighted by Crippen LogP contribution is 2.21. The lowest BCUT2D eigenvalue weighted by Crippen LogP contribution is -2.53. The van der Waals surface area contributed by atoms with Crippen molar-refractivity contribution in [2.24, 2.45) is 5.92 Å². The van der Waals surface area contributed by atoms with Crippen molar-refractivity contribution in [2.75, 3.05) is 18.4 Å². The maximum absolute atomic E-state index is 13.5. The minimum atomic E-state index is -0.804. The van der Waals surface area contributed by atoms with Crippen LogP contribution in [0.15, 0.2) is 72.2 Å². The number of thiazole rings is 1. The number of nitrogens with one attached hydrogen (secondary N) is 2. The van der Waals surface area contributed by atoms with Crippen LogP contribution in [0.1, 0.15) is 24.0 Å². The van der Waals surface area contributed by atoms with E-state index >= 15 is 0 Å². The molecule has 3 aromatic rings. The molecule has 8 nitrogen and oxygen atoms in total. The molecule has 1 saturated heterocycles. The van der Waals surface area contributed by atoms with Gasteiger partial charge in [-0.25, -0.2) is 9.78 Å². The largest absolute Gasteiger partial charge is 0.445 e. The van der Waals surface area contributed by atoms with Crippen LogP contribution in [-0.2, 0) is 27.4 Å². The minimum Gasteiger partial charge on any atom is -0.445 e. The van der Waals surface area contributed by atoms with Gasteiger partial charge in [-0.05, 0) is 24.0 Å². The summed E-state index contributed by atoms with van der Waals surface area (Å²) in [6.07, 6.45) is 2.70. The predicted molar refractivity (Wildman–Crippen MR) is 134 cm³/mol. The van der Waals surface area contributed by atoms with Crippen LogP contribution in [0.2, 0.25) is 0 Å². The fourth-order valence-corrected chi connectivity index (χ4v) is 4.59. The van der Waals surface area contributed by atoms with Crippen LogP contribution in [0.4, 0.5) is 9.93 Å². The highest BCUT2D eigenvalue weighted by Gasteiger charge is 2.33. The third-order valence-electron chi connectivity index (χ3n) is 5.85. The lowest BCUT2D eigenvalue weighted by Gasteiger charge is -2.34. The fraction of sp³-hybridized carbons (Fsp3) is 0.308. The smallest absolute Gasteiger partial charge is 0.408 e. The zero-order valence-electron chi connectivity index (χ0n) is 19.3. The number of piperidine rings is 1. The summed E-state index contributed by atoms with van der Waals surface area (Å²) in [4.78, 5) is 44.6. The van der Waals surface area contributed by atoms with Crippen LogP contribution in [0.3, 0.4) is 0 Å². The predicted octanol–water partition coefficient (Wildman–Crippen LogP) is 3.86. The van der Waals surface area contributed by atoms with Gasteiger partial charge in [-0.3, -0.25) is 9.59 Å². The maximum Gasteiger partial charge on any atom is 0.408 e. The first-order chi connectivity index (χ1) is 17.1. The Morgan fingerprint density at radius 3 is 2.46 bits per heavy atom. The van der Waals surface area contributed by atoms with Crippen molar-refractivity contribution in [3.05, 3.63) is 83.4 Å². The molecule has 182 valence electrons. The number of amides is 3. The number of hydrogen-bond donors (Lipinski definition) is 2. The van der Waals surface area contributed by atoms with Crippen LogP contribution < -0.4 is 10.6 Å². The van der Waals surface area contributed by atoms with E-state index in [1.807, 2.05) is 60.7 Å². The highest BCUT2D eigenvalue weighted by molar-refractivity contribution is 7.13. The Morgan fingerprint density at radius 2 is 1.77 bits per heavy atom. The molecule has 1 aliphatic heterocycles. The second-order valence-corrected chi connectivity index (χ2v) is 9.29. The van der Waals surface area contributed by atoms with Gasteiger partial charge >= 0.3 is 6.09 Å². The zero-order chi connectivity index (χ0) is 24.5. The third kappa shape index (κ3) is 7.13. The van der Waals surface area contributed by atoms with Gasteiger partial charge in [-0.15, -0.1) is 11.3 Å². The molecule has 0 radical (unpaired) electrons. The normalized spacial score (nSPS) is 16.2. The van der Waals surface area contributed by atoms with Gasteiger partial charge in [0.2, 0.25) is 11.8 Å². The number of likely N-dealkylation sites (tertiary alicyclic amines) is 1. The first kappa shape index (κ1) is 24.4. The van der Waals surface area contributed by atoms with Gasteiger partial charge in [0, 0.05) is 31.1 Å². The Bertz CT molecular complexity index is 1110. The summed E-state index contributed by atoms with van der Waals surface area (Å²) in [5.41, 5.74) is 1.78. The van der Waals surface area contributed by atoms with Crippen LogP contribution in [-0.4, -0.2) is 46.9 Å². The summed E-state index contributed by atoms with van der Waals surface area (Å²) in [6, 6.07) is 18.1. The van der Waals surface area contributed by atoms with Gasteiger partial charge in [0.1, 0.15) is 12.6 Å². The van der Waals surface area contributed by atoms with Crippen molar-refractivity contribution < 1.29 is 19.1 Å². The standard InChI is InChI=1S/C26H28N4O4S/c31-23(29-25-27-13-15-35-25)21-12-7-14-30(17-21)24(32)22(16-19-8-3-1-4-9-19)28-26(33)34-18-20-10-5-2-6-11-20/h1-6,8-11,13,15,21-22H,7,12,14,16-18H2,(H,28,33)(H,27,29,31)/t21?,22-/m0/s1. The van der Waals surface area contributed by atoms with Gasteiger partial charge in [0.05, 0.1) is 5.92 Å². The fourth-order valence-electron chi connectivity index (χ4n) is 4.06. The monoisotopic (exact) mass is 492 g/mol. The van der Waals surface area contributed by atoms with E-state index in [-0.39, 0.29) is 24.3 Å². The lowest BCUT2D eigenvalue weighted by atomic mass is 9.95. The van der Waals surface area contributed by atoms with E-state index in [9.17, 15) is 14.4 Å². The summed E-state index contributed by atoms with van der Waals surface area (Å²) in [5, 5.41) is 7.92. The van der Waals surface area contributed by atoms with Crippen molar-refractivity contribution in [1.82, 2.24) is 15.2 Å². The number of ether oxygens (including phenoxy) is 1. The molecule has 0 aliphatic carbocycles. The van der Waals surface area contributed by atoms with E-state index in [4.69, 9.17) is 4.74 Å². The number of aromatic nitrogens is 1. The Hall–Kier alpha value is -3.72. The third-order valence-corrected chi connectivity index (χ3v) is 6.54. The molecule has 2 aromatic carbocycles. The number of hydrogen-bond acceptors (Lipinski definition) is 6. The van der Waals surface area contributed by atoms with Gasteiger partial charge < -0.3 is 20.3 Å². The molecule has 3 amide bonds. The first-order valence-corrected chi connectivity index (χ1v) is 12.5. The molecule has 2 atom stereocenters. The number of carbonyl (C=O) groups excluding carboxylic acids is 3. The number of rotatable bonds is 8. The Morgan fingerprint density at radius 1 is 1.06 bits per heavy atom. The van der Waals surface area contributed by atoms with E-state index in [0.717, 1.165) is 11.1 Å².